The quantitative estimate of drug-likeness (QED) is 0.404. The molecule has 0 spiro atoms. The standard InChI is InChI=1S/C32H37ClN6O2/c1-23(2)37-11-13-38(14-12-37)31-25-9-10-39(29-8-4-6-24-5-3-7-28(33)30(24)29)22-27(25)26(21-34)32(35-31)41-20-17-36-15-18-40-19-16-36/h3-8H,1,9-20,22H2,2H3. The summed E-state index contributed by atoms with van der Waals surface area (Å²) in [6.45, 7) is 15.7. The first-order chi connectivity index (χ1) is 20.0. The van der Waals surface area contributed by atoms with Crippen molar-refractivity contribution in [2.24, 2.45) is 0 Å². The van der Waals surface area contributed by atoms with Gasteiger partial charge in [-0.05, 0) is 30.9 Å². The second-order valence-electron chi connectivity index (χ2n) is 11.0. The van der Waals surface area contributed by atoms with E-state index in [0.29, 0.717) is 24.6 Å². The molecule has 0 aliphatic carbocycles. The zero-order valence-electron chi connectivity index (χ0n) is 23.7. The normalized spacial score (nSPS) is 17.8. The van der Waals surface area contributed by atoms with Crippen LogP contribution in [0.3, 0.4) is 0 Å². The summed E-state index contributed by atoms with van der Waals surface area (Å²) >= 11 is 6.71. The minimum absolute atomic E-state index is 0.439. The maximum atomic E-state index is 10.4. The van der Waals surface area contributed by atoms with Crippen molar-refractivity contribution in [1.29, 1.82) is 5.26 Å². The molecule has 0 bridgehead atoms. The molecule has 3 aliphatic heterocycles. The number of halogens is 1. The predicted octanol–water partition coefficient (Wildman–Crippen LogP) is 4.69. The van der Waals surface area contributed by atoms with Crippen LogP contribution in [0.2, 0.25) is 5.02 Å². The topological polar surface area (TPSA) is 68.1 Å². The highest BCUT2D eigenvalue weighted by molar-refractivity contribution is 6.36. The molecule has 4 heterocycles. The Morgan fingerprint density at radius 3 is 2.51 bits per heavy atom. The molecule has 8 nitrogen and oxygen atoms in total. The van der Waals surface area contributed by atoms with Crippen molar-refractivity contribution in [1.82, 2.24) is 14.8 Å². The highest BCUT2D eigenvalue weighted by Crippen LogP contribution is 2.39. The maximum absolute atomic E-state index is 10.4. The van der Waals surface area contributed by atoms with Gasteiger partial charge in [0.05, 0.1) is 18.2 Å². The summed E-state index contributed by atoms with van der Waals surface area (Å²) in [6, 6.07) is 14.8. The minimum Gasteiger partial charge on any atom is -0.475 e. The van der Waals surface area contributed by atoms with E-state index in [-0.39, 0.29) is 0 Å². The number of nitrogens with zero attached hydrogens (tertiary/aromatic N) is 6. The Labute approximate surface area is 247 Å². The lowest BCUT2D eigenvalue weighted by molar-refractivity contribution is 0.0320. The first-order valence-corrected chi connectivity index (χ1v) is 14.9. The molecule has 9 heteroatoms. The van der Waals surface area contributed by atoms with E-state index in [0.717, 1.165) is 116 Å². The van der Waals surface area contributed by atoms with Gasteiger partial charge in [-0.2, -0.15) is 10.2 Å². The molecule has 0 unspecified atom stereocenters. The molecule has 214 valence electrons. The number of anilines is 2. The molecule has 2 aromatic carbocycles. The number of aromatic nitrogens is 1. The molecule has 2 fully saturated rings. The van der Waals surface area contributed by atoms with Crippen LogP contribution in [0.4, 0.5) is 11.5 Å². The lowest BCUT2D eigenvalue weighted by Gasteiger charge is -2.40. The molecular formula is C32H37ClN6O2. The summed E-state index contributed by atoms with van der Waals surface area (Å²) in [7, 11) is 0. The molecule has 2 saturated heterocycles. The fraction of sp³-hybridized carbons (Fsp3) is 0.438. The average molecular weight is 573 g/mol. The Hall–Kier alpha value is -3.51. The third-order valence-corrected chi connectivity index (χ3v) is 8.81. The number of fused-ring (bicyclic) bond motifs is 2. The Morgan fingerprint density at radius 1 is 1.02 bits per heavy atom. The number of pyridine rings is 1. The van der Waals surface area contributed by atoms with Crippen LogP contribution in [0.25, 0.3) is 10.8 Å². The molecule has 6 rings (SSSR count). The monoisotopic (exact) mass is 572 g/mol. The van der Waals surface area contributed by atoms with Gasteiger partial charge < -0.3 is 24.2 Å². The molecule has 0 radical (unpaired) electrons. The smallest absolute Gasteiger partial charge is 0.234 e. The Bertz CT molecular complexity index is 1470. The van der Waals surface area contributed by atoms with Crippen LogP contribution < -0.4 is 14.5 Å². The van der Waals surface area contributed by atoms with Crippen LogP contribution in [-0.2, 0) is 17.7 Å². The van der Waals surface area contributed by atoms with Gasteiger partial charge in [0.25, 0.3) is 0 Å². The number of rotatable bonds is 7. The van der Waals surface area contributed by atoms with Crippen LogP contribution >= 0.6 is 11.6 Å². The van der Waals surface area contributed by atoms with Crippen LogP contribution in [0.1, 0.15) is 23.6 Å². The Kier molecular flexibility index (Phi) is 8.20. The number of hydrogen-bond donors (Lipinski definition) is 0. The largest absolute Gasteiger partial charge is 0.475 e. The van der Waals surface area contributed by atoms with E-state index in [1.54, 1.807) is 0 Å². The predicted molar refractivity (Wildman–Crippen MR) is 164 cm³/mol. The van der Waals surface area contributed by atoms with E-state index in [1.807, 2.05) is 12.1 Å². The zero-order valence-corrected chi connectivity index (χ0v) is 24.5. The first-order valence-electron chi connectivity index (χ1n) is 14.5. The van der Waals surface area contributed by atoms with Crippen molar-refractivity contribution in [3.8, 4) is 11.9 Å². The summed E-state index contributed by atoms with van der Waals surface area (Å²) < 4.78 is 11.8. The number of benzene rings is 2. The van der Waals surface area contributed by atoms with Gasteiger partial charge in [0.1, 0.15) is 24.1 Å². The lowest BCUT2D eigenvalue weighted by Crippen LogP contribution is -2.46. The SMILES string of the molecule is C=C(C)N1CCN(c2nc(OCCN3CCOCC3)c(C#N)c3c2CCN(c2cccc4cccc(Cl)c24)C3)CC1. The third-order valence-electron chi connectivity index (χ3n) is 8.49. The van der Waals surface area contributed by atoms with Crippen molar-refractivity contribution in [3.05, 3.63) is 70.4 Å². The van der Waals surface area contributed by atoms with Gasteiger partial charge in [-0.1, -0.05) is 42.4 Å². The number of ether oxygens (including phenoxy) is 2. The van der Waals surface area contributed by atoms with Gasteiger partial charge in [0.2, 0.25) is 5.88 Å². The second-order valence-corrected chi connectivity index (χ2v) is 11.4. The summed E-state index contributed by atoms with van der Waals surface area (Å²) in [4.78, 5) is 14.4. The fourth-order valence-electron chi connectivity index (χ4n) is 6.21. The Morgan fingerprint density at radius 2 is 1.78 bits per heavy atom. The summed E-state index contributed by atoms with van der Waals surface area (Å²) in [5, 5.41) is 13.3. The molecule has 3 aliphatic rings. The van der Waals surface area contributed by atoms with Gasteiger partial charge in [-0.15, -0.1) is 0 Å². The van der Waals surface area contributed by atoms with Crippen molar-refractivity contribution in [2.45, 2.75) is 19.9 Å². The molecule has 1 aromatic heterocycles. The molecule has 41 heavy (non-hydrogen) atoms. The number of hydrogen-bond acceptors (Lipinski definition) is 8. The molecule has 0 atom stereocenters. The molecule has 3 aromatic rings. The molecule has 0 N–H and O–H groups in total. The summed E-state index contributed by atoms with van der Waals surface area (Å²) in [6.07, 6.45) is 0.794. The number of nitriles is 1. The number of allylic oxidation sites excluding steroid dienone is 1. The van der Waals surface area contributed by atoms with Gasteiger partial charge in [0, 0.05) is 86.8 Å². The Balaban J connectivity index is 1.35. The second kappa shape index (κ2) is 12.2. The maximum Gasteiger partial charge on any atom is 0.234 e. The lowest BCUT2D eigenvalue weighted by atomic mass is 9.94. The van der Waals surface area contributed by atoms with E-state index in [4.69, 9.17) is 26.1 Å². The highest BCUT2D eigenvalue weighted by atomic mass is 35.5. The van der Waals surface area contributed by atoms with E-state index in [9.17, 15) is 5.26 Å². The highest BCUT2D eigenvalue weighted by Gasteiger charge is 2.31. The van der Waals surface area contributed by atoms with Crippen molar-refractivity contribution in [2.75, 3.05) is 82.0 Å². The number of morpholine rings is 1. The zero-order chi connectivity index (χ0) is 28.3. The van der Waals surface area contributed by atoms with Crippen molar-refractivity contribution < 1.29 is 9.47 Å². The van der Waals surface area contributed by atoms with Gasteiger partial charge in [-0.25, -0.2) is 0 Å². The van der Waals surface area contributed by atoms with Crippen molar-refractivity contribution >= 4 is 33.9 Å². The van der Waals surface area contributed by atoms with Crippen molar-refractivity contribution in [3.63, 3.8) is 0 Å². The van der Waals surface area contributed by atoms with E-state index in [2.05, 4.69) is 63.4 Å². The average Bonchev–Trinajstić information content (AvgIpc) is 3.01. The third kappa shape index (κ3) is 5.67. The van der Waals surface area contributed by atoms with Gasteiger partial charge in [-0.3, -0.25) is 4.90 Å². The van der Waals surface area contributed by atoms with E-state index < -0.39 is 0 Å². The van der Waals surface area contributed by atoms with Gasteiger partial charge in [0.15, 0.2) is 0 Å². The van der Waals surface area contributed by atoms with E-state index >= 15 is 0 Å². The van der Waals surface area contributed by atoms with Crippen LogP contribution in [0.5, 0.6) is 5.88 Å². The van der Waals surface area contributed by atoms with Crippen LogP contribution in [0.15, 0.2) is 48.7 Å². The molecule has 0 amide bonds. The molecular weight excluding hydrogens is 536 g/mol. The van der Waals surface area contributed by atoms with E-state index in [1.165, 1.54) is 0 Å². The fourth-order valence-corrected chi connectivity index (χ4v) is 6.49. The molecule has 0 saturated carbocycles. The van der Waals surface area contributed by atoms with Crippen LogP contribution in [0, 0.1) is 11.3 Å². The summed E-state index contributed by atoms with van der Waals surface area (Å²) in [5.41, 5.74) is 4.90. The minimum atomic E-state index is 0.439. The summed E-state index contributed by atoms with van der Waals surface area (Å²) in [5.74, 6) is 1.40. The number of piperazine rings is 1. The van der Waals surface area contributed by atoms with Gasteiger partial charge >= 0.3 is 0 Å². The first kappa shape index (κ1) is 27.6. The van der Waals surface area contributed by atoms with Crippen LogP contribution in [-0.4, -0.2) is 87.0 Å².